The van der Waals surface area contributed by atoms with Crippen molar-refractivity contribution in [2.75, 3.05) is 18.4 Å². The number of carbonyl (C=O) groups is 2. The third kappa shape index (κ3) is 4.48. The number of hydrogen-bond acceptors (Lipinski definition) is 4. The number of carbonyl (C=O) groups excluding carboxylic acids is 2. The van der Waals surface area contributed by atoms with Crippen molar-refractivity contribution < 1.29 is 23.1 Å². The van der Waals surface area contributed by atoms with Crippen molar-refractivity contribution in [2.45, 2.75) is 32.6 Å². The molecule has 2 amide bonds. The summed E-state index contributed by atoms with van der Waals surface area (Å²) in [4.78, 5) is 26.2. The molecular formula is C18H20F2N4O3. The van der Waals surface area contributed by atoms with Gasteiger partial charge in [0.05, 0.1) is 29.7 Å². The second kappa shape index (κ2) is 7.83. The lowest BCUT2D eigenvalue weighted by atomic mass is 10.2. The maximum Gasteiger partial charge on any atom is 0.258 e. The van der Waals surface area contributed by atoms with Crippen molar-refractivity contribution in [1.82, 2.24) is 14.7 Å². The number of ether oxygens (including phenoxy) is 1. The predicted octanol–water partition coefficient (Wildman–Crippen LogP) is 2.05. The van der Waals surface area contributed by atoms with Gasteiger partial charge in [-0.2, -0.15) is 5.10 Å². The fourth-order valence-corrected chi connectivity index (χ4v) is 3.01. The van der Waals surface area contributed by atoms with E-state index in [1.807, 2.05) is 13.8 Å². The van der Waals surface area contributed by atoms with Gasteiger partial charge in [-0.3, -0.25) is 14.3 Å². The zero-order valence-electron chi connectivity index (χ0n) is 15.0. The molecule has 1 fully saturated rings. The van der Waals surface area contributed by atoms with Crippen molar-refractivity contribution in [3.05, 3.63) is 47.8 Å². The Bertz CT molecular complexity index is 845. The molecule has 2 heterocycles. The molecule has 0 radical (unpaired) electrons. The summed E-state index contributed by atoms with van der Waals surface area (Å²) in [6.07, 6.45) is 2.73. The van der Waals surface area contributed by atoms with Gasteiger partial charge in [0.25, 0.3) is 5.91 Å². The third-order valence-electron chi connectivity index (χ3n) is 4.16. The van der Waals surface area contributed by atoms with Gasteiger partial charge >= 0.3 is 0 Å². The zero-order chi connectivity index (χ0) is 19.6. The highest BCUT2D eigenvalue weighted by Crippen LogP contribution is 2.15. The SMILES string of the molecule is CC1CN(C(=O)Cn2cc(NC(=O)c3cccc(F)c3F)cn2)CC(C)O1. The van der Waals surface area contributed by atoms with Gasteiger partial charge in [-0.1, -0.05) is 6.07 Å². The molecule has 1 aromatic heterocycles. The second-order valence-electron chi connectivity index (χ2n) is 6.54. The first-order chi connectivity index (χ1) is 12.8. The van der Waals surface area contributed by atoms with Crippen molar-refractivity contribution in [3.8, 4) is 0 Å². The number of nitrogens with zero attached hydrogens (tertiary/aromatic N) is 3. The quantitative estimate of drug-likeness (QED) is 0.884. The summed E-state index contributed by atoms with van der Waals surface area (Å²) in [6, 6.07) is 3.37. The maximum absolute atomic E-state index is 13.7. The second-order valence-corrected chi connectivity index (χ2v) is 6.54. The van der Waals surface area contributed by atoms with Crippen LogP contribution in [0.5, 0.6) is 0 Å². The molecule has 1 N–H and O–H groups in total. The smallest absolute Gasteiger partial charge is 0.258 e. The topological polar surface area (TPSA) is 76.5 Å². The van der Waals surface area contributed by atoms with E-state index in [1.165, 1.54) is 29.2 Å². The Morgan fingerprint density at radius 3 is 2.67 bits per heavy atom. The molecule has 1 saturated heterocycles. The van der Waals surface area contributed by atoms with Gasteiger partial charge in [0.1, 0.15) is 6.54 Å². The molecule has 0 saturated carbocycles. The summed E-state index contributed by atoms with van der Waals surface area (Å²) in [5.74, 6) is -3.23. The summed E-state index contributed by atoms with van der Waals surface area (Å²) in [5.41, 5.74) is -0.129. The highest BCUT2D eigenvalue weighted by Gasteiger charge is 2.26. The highest BCUT2D eigenvalue weighted by molar-refractivity contribution is 6.04. The molecule has 1 aliphatic rings. The monoisotopic (exact) mass is 378 g/mol. The molecule has 0 spiro atoms. The van der Waals surface area contributed by atoms with Gasteiger partial charge in [-0.05, 0) is 26.0 Å². The molecule has 7 nitrogen and oxygen atoms in total. The number of hydrogen-bond donors (Lipinski definition) is 1. The molecule has 2 unspecified atom stereocenters. The molecule has 0 aliphatic carbocycles. The van der Waals surface area contributed by atoms with Gasteiger partial charge < -0.3 is 15.0 Å². The average molecular weight is 378 g/mol. The molecule has 3 rings (SSSR count). The first-order valence-electron chi connectivity index (χ1n) is 8.54. The average Bonchev–Trinajstić information content (AvgIpc) is 3.03. The molecule has 144 valence electrons. The number of amides is 2. The van der Waals surface area contributed by atoms with Gasteiger partial charge in [-0.15, -0.1) is 0 Å². The van der Waals surface area contributed by atoms with E-state index in [4.69, 9.17) is 4.74 Å². The number of aromatic nitrogens is 2. The third-order valence-corrected chi connectivity index (χ3v) is 4.16. The van der Waals surface area contributed by atoms with Gasteiger partial charge in [-0.25, -0.2) is 8.78 Å². The van der Waals surface area contributed by atoms with E-state index in [-0.39, 0.29) is 30.3 Å². The van der Waals surface area contributed by atoms with E-state index in [9.17, 15) is 18.4 Å². The van der Waals surface area contributed by atoms with Crippen LogP contribution in [-0.2, 0) is 16.1 Å². The normalized spacial score (nSPS) is 19.8. The lowest BCUT2D eigenvalue weighted by Crippen LogP contribution is -2.49. The van der Waals surface area contributed by atoms with E-state index in [2.05, 4.69) is 10.4 Å². The largest absolute Gasteiger partial charge is 0.372 e. The van der Waals surface area contributed by atoms with Gasteiger partial charge in [0.2, 0.25) is 5.91 Å². The Labute approximate surface area is 154 Å². The fourth-order valence-electron chi connectivity index (χ4n) is 3.01. The van der Waals surface area contributed by atoms with Crippen LogP contribution in [0.15, 0.2) is 30.6 Å². The lowest BCUT2D eigenvalue weighted by Gasteiger charge is -2.35. The van der Waals surface area contributed by atoms with Crippen molar-refractivity contribution in [2.24, 2.45) is 0 Å². The van der Waals surface area contributed by atoms with Crippen LogP contribution < -0.4 is 5.32 Å². The van der Waals surface area contributed by atoms with Crippen LogP contribution in [0.3, 0.4) is 0 Å². The summed E-state index contributed by atoms with van der Waals surface area (Å²) >= 11 is 0. The lowest BCUT2D eigenvalue weighted by molar-refractivity contribution is -0.144. The minimum absolute atomic E-state index is 0.00361. The Hall–Kier alpha value is -2.81. The van der Waals surface area contributed by atoms with Crippen LogP contribution in [0.2, 0.25) is 0 Å². The minimum atomic E-state index is -1.21. The summed E-state index contributed by atoms with van der Waals surface area (Å²) < 4.78 is 33.9. The van der Waals surface area contributed by atoms with Crippen LogP contribution >= 0.6 is 0 Å². The number of halogens is 2. The van der Waals surface area contributed by atoms with Crippen LogP contribution in [0.4, 0.5) is 14.5 Å². The molecule has 0 bridgehead atoms. The Kier molecular flexibility index (Phi) is 5.50. The highest BCUT2D eigenvalue weighted by atomic mass is 19.2. The molecule has 9 heteroatoms. The fraction of sp³-hybridized carbons (Fsp3) is 0.389. The van der Waals surface area contributed by atoms with Crippen molar-refractivity contribution in [1.29, 1.82) is 0 Å². The van der Waals surface area contributed by atoms with Gasteiger partial charge in [0, 0.05) is 19.3 Å². The summed E-state index contributed by atoms with van der Waals surface area (Å²) in [5, 5.41) is 6.47. The number of morpholine rings is 1. The maximum atomic E-state index is 13.7. The predicted molar refractivity (Wildman–Crippen MR) is 93.1 cm³/mol. The molecule has 1 aromatic carbocycles. The van der Waals surface area contributed by atoms with E-state index >= 15 is 0 Å². The van der Waals surface area contributed by atoms with Crippen LogP contribution in [0, 0.1) is 11.6 Å². The van der Waals surface area contributed by atoms with E-state index in [1.54, 1.807) is 4.90 Å². The Morgan fingerprint density at radius 2 is 1.96 bits per heavy atom. The molecule has 2 atom stereocenters. The number of rotatable bonds is 4. The molecule has 2 aromatic rings. The van der Waals surface area contributed by atoms with Crippen LogP contribution in [0.25, 0.3) is 0 Å². The first kappa shape index (κ1) is 19.0. The first-order valence-corrected chi connectivity index (χ1v) is 8.54. The molecular weight excluding hydrogens is 358 g/mol. The Balaban J connectivity index is 1.62. The molecule has 27 heavy (non-hydrogen) atoms. The number of nitrogens with one attached hydrogen (secondary N) is 1. The number of benzene rings is 1. The van der Waals surface area contributed by atoms with Crippen LogP contribution in [-0.4, -0.2) is 51.8 Å². The Morgan fingerprint density at radius 1 is 1.26 bits per heavy atom. The molecule has 1 aliphatic heterocycles. The van der Waals surface area contributed by atoms with Crippen molar-refractivity contribution >= 4 is 17.5 Å². The summed E-state index contributed by atoms with van der Waals surface area (Å²) in [7, 11) is 0. The minimum Gasteiger partial charge on any atom is -0.372 e. The van der Waals surface area contributed by atoms with E-state index in [0.29, 0.717) is 13.1 Å². The standard InChI is InChI=1S/C18H20F2N4O3/c1-11-7-23(8-12(2)27-11)16(25)10-24-9-13(6-21-24)22-18(26)14-4-3-5-15(19)17(14)20/h3-6,9,11-12H,7-8,10H2,1-2H3,(H,22,26). The number of anilines is 1. The van der Waals surface area contributed by atoms with Crippen LogP contribution in [0.1, 0.15) is 24.2 Å². The van der Waals surface area contributed by atoms with Gasteiger partial charge in [0.15, 0.2) is 11.6 Å². The van der Waals surface area contributed by atoms with E-state index < -0.39 is 23.1 Å². The van der Waals surface area contributed by atoms with Crippen molar-refractivity contribution in [3.63, 3.8) is 0 Å². The zero-order valence-corrected chi connectivity index (χ0v) is 15.0. The summed E-state index contributed by atoms with van der Waals surface area (Å²) in [6.45, 7) is 4.83. The van der Waals surface area contributed by atoms with E-state index in [0.717, 1.165) is 6.07 Å².